The molecule has 6 heteroatoms. The minimum absolute atomic E-state index is 0.0196. The molecule has 1 atom stereocenters. The van der Waals surface area contributed by atoms with Gasteiger partial charge in [0.1, 0.15) is 6.61 Å². The summed E-state index contributed by atoms with van der Waals surface area (Å²) in [6.07, 6.45) is 0.934. The molecule has 156 valence electrons. The standard InChI is InChI=1S/C24H27N3O3/c1-15-18(17-8-6-7-9-19(17)27(15)5)13-25-26-23(28)22-14-29-20-11-10-16(24(2,3)4)12-21(20)30-22/h6-13,22H,14H2,1-5H3,(H,26,28)/b25-13+. The summed E-state index contributed by atoms with van der Waals surface area (Å²) in [4.78, 5) is 12.6. The fourth-order valence-electron chi connectivity index (χ4n) is 3.61. The normalized spacial score (nSPS) is 16.2. The van der Waals surface area contributed by atoms with Gasteiger partial charge in [0.05, 0.1) is 6.21 Å². The number of nitrogens with zero attached hydrogens (tertiary/aromatic N) is 2. The van der Waals surface area contributed by atoms with Crippen molar-refractivity contribution in [3.8, 4) is 11.5 Å². The Bertz CT molecular complexity index is 1140. The van der Waals surface area contributed by atoms with Crippen LogP contribution in [0.5, 0.6) is 11.5 Å². The van der Waals surface area contributed by atoms with Gasteiger partial charge >= 0.3 is 0 Å². The van der Waals surface area contributed by atoms with Crippen molar-refractivity contribution in [1.29, 1.82) is 0 Å². The Morgan fingerprint density at radius 3 is 2.73 bits per heavy atom. The van der Waals surface area contributed by atoms with Crippen molar-refractivity contribution >= 4 is 23.0 Å². The lowest BCUT2D eigenvalue weighted by Crippen LogP contribution is -2.42. The topological polar surface area (TPSA) is 64.8 Å². The molecule has 2 aromatic carbocycles. The number of aryl methyl sites for hydroxylation is 1. The zero-order valence-electron chi connectivity index (χ0n) is 18.0. The molecule has 0 aliphatic carbocycles. The Hall–Kier alpha value is -3.28. The Morgan fingerprint density at radius 2 is 1.97 bits per heavy atom. The predicted molar refractivity (Wildman–Crippen MR) is 118 cm³/mol. The first-order chi connectivity index (χ1) is 14.3. The lowest BCUT2D eigenvalue weighted by atomic mass is 9.87. The molecule has 1 unspecified atom stereocenters. The summed E-state index contributed by atoms with van der Waals surface area (Å²) < 4.78 is 13.8. The third kappa shape index (κ3) is 3.65. The average molecular weight is 405 g/mol. The summed E-state index contributed by atoms with van der Waals surface area (Å²) in [7, 11) is 2.02. The van der Waals surface area contributed by atoms with E-state index in [1.807, 2.05) is 50.4 Å². The molecule has 0 spiro atoms. The van der Waals surface area contributed by atoms with Crippen LogP contribution in [0, 0.1) is 6.92 Å². The maximum atomic E-state index is 12.6. The van der Waals surface area contributed by atoms with Crippen molar-refractivity contribution in [3.63, 3.8) is 0 Å². The van der Waals surface area contributed by atoms with Crippen LogP contribution in [0.3, 0.4) is 0 Å². The first kappa shape index (κ1) is 20.0. The lowest BCUT2D eigenvalue weighted by molar-refractivity contribution is -0.130. The summed E-state index contributed by atoms with van der Waals surface area (Å²) in [5.41, 5.74) is 6.88. The number of hydrogen-bond acceptors (Lipinski definition) is 4. The molecule has 30 heavy (non-hydrogen) atoms. The highest BCUT2D eigenvalue weighted by molar-refractivity contribution is 6.01. The van der Waals surface area contributed by atoms with E-state index < -0.39 is 6.10 Å². The molecule has 0 bridgehead atoms. The second-order valence-electron chi connectivity index (χ2n) is 8.64. The number of aromatic nitrogens is 1. The molecule has 1 amide bonds. The molecule has 4 rings (SSSR count). The van der Waals surface area contributed by atoms with Crippen LogP contribution in [0.2, 0.25) is 0 Å². The van der Waals surface area contributed by atoms with Crippen molar-refractivity contribution in [3.05, 3.63) is 59.3 Å². The number of fused-ring (bicyclic) bond motifs is 2. The Balaban J connectivity index is 1.48. The first-order valence-corrected chi connectivity index (χ1v) is 10.1. The lowest BCUT2D eigenvalue weighted by Gasteiger charge is -2.27. The maximum Gasteiger partial charge on any atom is 0.284 e. The van der Waals surface area contributed by atoms with E-state index in [0.717, 1.165) is 27.7 Å². The van der Waals surface area contributed by atoms with E-state index in [1.54, 1.807) is 6.21 Å². The monoisotopic (exact) mass is 405 g/mol. The Kier molecular flexibility index (Phi) is 5.02. The van der Waals surface area contributed by atoms with Crippen LogP contribution in [-0.4, -0.2) is 29.4 Å². The largest absolute Gasteiger partial charge is 0.485 e. The highest BCUT2D eigenvalue weighted by Crippen LogP contribution is 2.36. The number of hydrazone groups is 1. The molecular formula is C24H27N3O3. The van der Waals surface area contributed by atoms with Crippen molar-refractivity contribution in [2.45, 2.75) is 39.2 Å². The second kappa shape index (κ2) is 7.52. The SMILES string of the molecule is Cc1c(/C=N/NC(=O)C2COc3ccc(C(C)(C)C)cc3O2)c2ccccc2n1C. The summed E-state index contributed by atoms with van der Waals surface area (Å²) in [5.74, 6) is 0.903. The molecule has 0 fully saturated rings. The number of ether oxygens (including phenoxy) is 2. The van der Waals surface area contributed by atoms with Gasteiger partial charge in [0.25, 0.3) is 5.91 Å². The van der Waals surface area contributed by atoms with Crippen molar-refractivity contribution < 1.29 is 14.3 Å². The zero-order chi connectivity index (χ0) is 21.5. The molecule has 1 aromatic heterocycles. The second-order valence-corrected chi connectivity index (χ2v) is 8.64. The quantitative estimate of drug-likeness (QED) is 0.528. The molecule has 3 aromatic rings. The van der Waals surface area contributed by atoms with Crippen LogP contribution in [0.15, 0.2) is 47.6 Å². The Labute approximate surface area is 176 Å². The van der Waals surface area contributed by atoms with Crippen molar-refractivity contribution in [2.24, 2.45) is 12.1 Å². The van der Waals surface area contributed by atoms with E-state index >= 15 is 0 Å². The van der Waals surface area contributed by atoms with Crippen LogP contribution in [0.4, 0.5) is 0 Å². The molecule has 0 saturated heterocycles. The fourth-order valence-corrected chi connectivity index (χ4v) is 3.61. The first-order valence-electron chi connectivity index (χ1n) is 10.1. The van der Waals surface area contributed by atoms with E-state index in [-0.39, 0.29) is 17.9 Å². The van der Waals surface area contributed by atoms with Gasteiger partial charge in [-0.2, -0.15) is 5.10 Å². The van der Waals surface area contributed by atoms with E-state index in [4.69, 9.17) is 9.47 Å². The smallest absolute Gasteiger partial charge is 0.284 e. The number of para-hydroxylation sites is 1. The van der Waals surface area contributed by atoms with Crippen molar-refractivity contribution in [1.82, 2.24) is 9.99 Å². The molecular weight excluding hydrogens is 378 g/mol. The number of rotatable bonds is 3. The predicted octanol–water partition coefficient (Wildman–Crippen LogP) is 4.07. The van der Waals surface area contributed by atoms with Crippen LogP contribution in [0.25, 0.3) is 10.9 Å². The van der Waals surface area contributed by atoms with Gasteiger partial charge in [-0.25, -0.2) is 5.43 Å². The minimum Gasteiger partial charge on any atom is -0.485 e. The van der Waals surface area contributed by atoms with Crippen LogP contribution >= 0.6 is 0 Å². The van der Waals surface area contributed by atoms with E-state index in [1.165, 1.54) is 0 Å². The van der Waals surface area contributed by atoms with Crippen LogP contribution in [0.1, 0.15) is 37.6 Å². The number of hydrogen-bond donors (Lipinski definition) is 1. The van der Waals surface area contributed by atoms with E-state index in [0.29, 0.717) is 11.5 Å². The fraction of sp³-hybridized carbons (Fsp3) is 0.333. The van der Waals surface area contributed by atoms with Gasteiger partial charge < -0.3 is 14.0 Å². The van der Waals surface area contributed by atoms with Crippen molar-refractivity contribution in [2.75, 3.05) is 6.61 Å². The van der Waals surface area contributed by atoms with Crippen LogP contribution < -0.4 is 14.9 Å². The third-order valence-electron chi connectivity index (χ3n) is 5.58. The molecule has 6 nitrogen and oxygen atoms in total. The zero-order valence-corrected chi connectivity index (χ0v) is 18.0. The van der Waals surface area contributed by atoms with Crippen LogP contribution in [-0.2, 0) is 17.3 Å². The highest BCUT2D eigenvalue weighted by Gasteiger charge is 2.28. The molecule has 0 radical (unpaired) electrons. The van der Waals surface area contributed by atoms with Gasteiger partial charge in [-0.1, -0.05) is 45.0 Å². The number of amides is 1. The minimum atomic E-state index is -0.751. The van der Waals surface area contributed by atoms with E-state index in [2.05, 4.69) is 41.9 Å². The van der Waals surface area contributed by atoms with Gasteiger partial charge in [0.15, 0.2) is 11.5 Å². The summed E-state index contributed by atoms with van der Waals surface area (Å²) >= 11 is 0. The number of benzene rings is 2. The molecule has 1 aliphatic rings. The van der Waals surface area contributed by atoms with E-state index in [9.17, 15) is 4.79 Å². The van der Waals surface area contributed by atoms with Gasteiger partial charge in [0.2, 0.25) is 6.10 Å². The third-order valence-corrected chi connectivity index (χ3v) is 5.58. The molecule has 1 aliphatic heterocycles. The average Bonchev–Trinajstić information content (AvgIpc) is 2.97. The van der Waals surface area contributed by atoms with Gasteiger partial charge in [-0.3, -0.25) is 4.79 Å². The maximum absolute atomic E-state index is 12.6. The molecule has 1 N–H and O–H groups in total. The van der Waals surface area contributed by atoms with Gasteiger partial charge in [0, 0.05) is 29.2 Å². The highest BCUT2D eigenvalue weighted by atomic mass is 16.6. The number of carbonyl (C=O) groups excluding carboxylic acids is 1. The summed E-state index contributed by atoms with van der Waals surface area (Å²) in [6.45, 7) is 8.58. The van der Waals surface area contributed by atoms with Gasteiger partial charge in [-0.05, 0) is 36.1 Å². The summed E-state index contributed by atoms with van der Waals surface area (Å²) in [5, 5.41) is 5.27. The number of nitrogens with one attached hydrogen (secondary N) is 1. The summed E-state index contributed by atoms with van der Waals surface area (Å²) in [6, 6.07) is 14.0. The molecule has 0 saturated carbocycles. The molecule has 2 heterocycles. The van der Waals surface area contributed by atoms with Gasteiger partial charge in [-0.15, -0.1) is 0 Å². The Morgan fingerprint density at radius 1 is 1.20 bits per heavy atom. The number of carbonyl (C=O) groups is 1.